The Morgan fingerprint density at radius 2 is 0.966 bits per heavy atom. The molecule has 0 saturated heterocycles. The molecular formula is C48H91NO8P+. The zero-order chi connectivity index (χ0) is 42.8. The van der Waals surface area contributed by atoms with Crippen LogP contribution in [0.4, 0.5) is 0 Å². The van der Waals surface area contributed by atoms with Gasteiger partial charge in [0.15, 0.2) is 6.10 Å². The molecule has 0 aromatic carbocycles. The molecule has 0 spiro atoms. The first-order valence-electron chi connectivity index (χ1n) is 23.7. The van der Waals surface area contributed by atoms with Crippen LogP contribution in [0.1, 0.15) is 206 Å². The lowest BCUT2D eigenvalue weighted by molar-refractivity contribution is -0.870. The van der Waals surface area contributed by atoms with Crippen LogP contribution in [0.2, 0.25) is 0 Å². The quantitative estimate of drug-likeness (QED) is 0.0213. The summed E-state index contributed by atoms with van der Waals surface area (Å²) in [6.07, 6.45) is 46.3. The minimum absolute atomic E-state index is 0.0256. The largest absolute Gasteiger partial charge is 0.472 e. The minimum Gasteiger partial charge on any atom is -0.462 e. The molecular weight excluding hydrogens is 750 g/mol. The van der Waals surface area contributed by atoms with Gasteiger partial charge < -0.3 is 18.9 Å². The van der Waals surface area contributed by atoms with E-state index in [1.54, 1.807) is 0 Å². The first kappa shape index (κ1) is 56.2. The third-order valence-corrected chi connectivity index (χ3v) is 11.1. The summed E-state index contributed by atoms with van der Waals surface area (Å²) in [6.45, 7) is 4.37. The molecule has 10 heteroatoms. The molecule has 1 unspecified atom stereocenters. The number of nitrogens with zero attached hydrogens (tertiary/aromatic N) is 1. The number of unbranched alkanes of at least 4 members (excludes halogenated alkanes) is 23. The molecule has 0 fully saturated rings. The maximum absolute atomic E-state index is 12.7. The summed E-state index contributed by atoms with van der Waals surface area (Å²) in [5.74, 6) is -0.856. The lowest BCUT2D eigenvalue weighted by Crippen LogP contribution is -2.37. The second kappa shape index (κ2) is 40.6. The molecule has 0 bridgehead atoms. The molecule has 0 aromatic rings. The van der Waals surface area contributed by atoms with Crippen molar-refractivity contribution in [2.75, 3.05) is 47.5 Å². The van der Waals surface area contributed by atoms with Gasteiger partial charge in [-0.15, -0.1) is 0 Å². The summed E-state index contributed by atoms with van der Waals surface area (Å²) in [4.78, 5) is 35.4. The normalized spacial score (nSPS) is 13.8. The molecule has 0 saturated carbocycles. The van der Waals surface area contributed by atoms with Gasteiger partial charge in [-0.2, -0.15) is 0 Å². The lowest BCUT2D eigenvalue weighted by atomic mass is 10.1. The number of esters is 2. The summed E-state index contributed by atoms with van der Waals surface area (Å²) >= 11 is 0. The first-order chi connectivity index (χ1) is 28.0. The van der Waals surface area contributed by atoms with Crippen molar-refractivity contribution in [2.45, 2.75) is 213 Å². The van der Waals surface area contributed by atoms with E-state index in [4.69, 9.17) is 18.5 Å². The predicted octanol–water partition coefficient (Wildman–Crippen LogP) is 13.7. The van der Waals surface area contributed by atoms with E-state index in [0.29, 0.717) is 17.4 Å². The topological polar surface area (TPSA) is 108 Å². The summed E-state index contributed by atoms with van der Waals surface area (Å²) in [6, 6.07) is 0. The van der Waals surface area contributed by atoms with Gasteiger partial charge in [-0.3, -0.25) is 18.6 Å². The Labute approximate surface area is 357 Å². The van der Waals surface area contributed by atoms with Crippen LogP contribution in [0.25, 0.3) is 0 Å². The molecule has 0 aliphatic heterocycles. The zero-order valence-electron chi connectivity index (χ0n) is 38.3. The standard InChI is InChI=1S/C48H90NO8P/c1-6-8-10-12-14-16-18-20-22-23-24-25-27-28-30-32-34-36-38-40-47(50)54-44-46(45-56-58(52,53)55-43-42-49(3,4)5)57-48(51)41-39-37-35-33-31-29-26-21-19-17-15-13-11-9-7-2/h14,16,20,22,35,37,46H,6-13,15,17-19,21,23-34,36,38-45H2,1-5H3/p+1/b16-14+,22-20+,37-35+/t46-/m1/s1. The highest BCUT2D eigenvalue weighted by molar-refractivity contribution is 7.47. The second-order valence-corrected chi connectivity index (χ2v) is 18.6. The molecule has 0 aliphatic rings. The van der Waals surface area contributed by atoms with Crippen LogP contribution in [0, 0.1) is 0 Å². The van der Waals surface area contributed by atoms with Gasteiger partial charge in [-0.25, -0.2) is 4.57 Å². The van der Waals surface area contributed by atoms with Gasteiger partial charge in [0.05, 0.1) is 27.7 Å². The number of allylic oxidation sites excluding steroid dienone is 6. The smallest absolute Gasteiger partial charge is 0.462 e. The molecule has 0 heterocycles. The fourth-order valence-electron chi connectivity index (χ4n) is 6.41. The Hall–Kier alpha value is -1.77. The molecule has 340 valence electrons. The van der Waals surface area contributed by atoms with Crippen LogP contribution >= 0.6 is 7.82 Å². The van der Waals surface area contributed by atoms with E-state index < -0.39 is 26.5 Å². The number of likely N-dealkylation sites (N-methyl/N-ethyl adjacent to an activating group) is 1. The van der Waals surface area contributed by atoms with Crippen molar-refractivity contribution in [3.05, 3.63) is 36.5 Å². The van der Waals surface area contributed by atoms with Crippen LogP contribution in [0.3, 0.4) is 0 Å². The monoisotopic (exact) mass is 841 g/mol. The summed E-state index contributed by atoms with van der Waals surface area (Å²) in [7, 11) is 1.46. The fourth-order valence-corrected chi connectivity index (χ4v) is 7.16. The molecule has 58 heavy (non-hydrogen) atoms. The average molecular weight is 841 g/mol. The number of rotatable bonds is 43. The fraction of sp³-hybridized carbons (Fsp3) is 0.833. The average Bonchev–Trinajstić information content (AvgIpc) is 3.17. The third-order valence-electron chi connectivity index (χ3n) is 10.2. The highest BCUT2D eigenvalue weighted by Gasteiger charge is 2.27. The summed E-state index contributed by atoms with van der Waals surface area (Å²) in [5, 5.41) is 0. The van der Waals surface area contributed by atoms with E-state index in [1.807, 2.05) is 27.2 Å². The Balaban J connectivity index is 4.33. The second-order valence-electron chi connectivity index (χ2n) is 17.1. The van der Waals surface area contributed by atoms with Crippen molar-refractivity contribution < 1.29 is 42.1 Å². The zero-order valence-corrected chi connectivity index (χ0v) is 39.2. The minimum atomic E-state index is -4.38. The van der Waals surface area contributed by atoms with E-state index in [0.717, 1.165) is 38.5 Å². The van der Waals surface area contributed by atoms with Crippen molar-refractivity contribution in [1.82, 2.24) is 0 Å². The highest BCUT2D eigenvalue weighted by atomic mass is 31.2. The van der Waals surface area contributed by atoms with Gasteiger partial charge in [0, 0.05) is 12.8 Å². The predicted molar refractivity (Wildman–Crippen MR) is 243 cm³/mol. The summed E-state index contributed by atoms with van der Waals surface area (Å²) < 4.78 is 34.3. The Kier molecular flexibility index (Phi) is 39.4. The number of ether oxygens (including phenoxy) is 2. The molecule has 0 aliphatic carbocycles. The van der Waals surface area contributed by atoms with E-state index >= 15 is 0 Å². The number of hydrogen-bond acceptors (Lipinski definition) is 7. The van der Waals surface area contributed by atoms with Gasteiger partial charge in [0.1, 0.15) is 19.8 Å². The van der Waals surface area contributed by atoms with Crippen LogP contribution in [0.15, 0.2) is 36.5 Å². The van der Waals surface area contributed by atoms with Gasteiger partial charge in [0.2, 0.25) is 0 Å². The van der Waals surface area contributed by atoms with E-state index in [1.165, 1.54) is 135 Å². The van der Waals surface area contributed by atoms with Crippen molar-refractivity contribution in [3.8, 4) is 0 Å². The molecule has 0 amide bonds. The van der Waals surface area contributed by atoms with Gasteiger partial charge in [-0.05, 0) is 57.8 Å². The number of phosphoric ester groups is 1. The first-order valence-corrected chi connectivity index (χ1v) is 25.2. The van der Waals surface area contributed by atoms with Crippen molar-refractivity contribution in [3.63, 3.8) is 0 Å². The number of hydrogen-bond donors (Lipinski definition) is 1. The van der Waals surface area contributed by atoms with E-state index in [-0.39, 0.29) is 32.0 Å². The molecule has 0 rings (SSSR count). The number of phosphoric acid groups is 1. The summed E-state index contributed by atoms with van der Waals surface area (Å²) in [5.41, 5.74) is 0. The lowest BCUT2D eigenvalue weighted by Gasteiger charge is -2.24. The molecule has 0 radical (unpaired) electrons. The maximum atomic E-state index is 12.7. The Morgan fingerprint density at radius 1 is 0.534 bits per heavy atom. The van der Waals surface area contributed by atoms with Gasteiger partial charge in [0.25, 0.3) is 0 Å². The third kappa shape index (κ3) is 43.8. The molecule has 0 aromatic heterocycles. The van der Waals surface area contributed by atoms with Crippen LogP contribution in [-0.2, 0) is 32.7 Å². The molecule has 2 atom stereocenters. The SMILES string of the molecule is CCCCC/C=C/C/C=C/CCCCCCCCCCCC(=O)OC[C@H](COP(=O)(O)OCC[N+](C)(C)C)OC(=O)CC/C=C/CCCCCCCCCCCCC. The maximum Gasteiger partial charge on any atom is 0.472 e. The van der Waals surface area contributed by atoms with Gasteiger partial charge >= 0.3 is 19.8 Å². The number of carbonyl (C=O) groups excluding carboxylic acids is 2. The van der Waals surface area contributed by atoms with Crippen LogP contribution < -0.4 is 0 Å². The van der Waals surface area contributed by atoms with E-state index in [9.17, 15) is 19.0 Å². The Bertz CT molecular complexity index is 1090. The number of quaternary nitrogens is 1. The Morgan fingerprint density at radius 3 is 1.48 bits per heavy atom. The molecule has 9 nitrogen and oxygen atoms in total. The molecule has 1 N–H and O–H groups in total. The van der Waals surface area contributed by atoms with E-state index in [2.05, 4.69) is 44.2 Å². The van der Waals surface area contributed by atoms with Crippen LogP contribution in [-0.4, -0.2) is 74.9 Å². The number of carbonyl (C=O) groups is 2. The van der Waals surface area contributed by atoms with Crippen molar-refractivity contribution in [1.29, 1.82) is 0 Å². The highest BCUT2D eigenvalue weighted by Crippen LogP contribution is 2.43. The van der Waals surface area contributed by atoms with Crippen LogP contribution in [0.5, 0.6) is 0 Å². The van der Waals surface area contributed by atoms with Gasteiger partial charge in [-0.1, -0.05) is 172 Å². The van der Waals surface area contributed by atoms with Crippen molar-refractivity contribution in [2.24, 2.45) is 0 Å². The van der Waals surface area contributed by atoms with Crippen molar-refractivity contribution >= 4 is 19.8 Å².